The van der Waals surface area contributed by atoms with E-state index in [1.54, 1.807) is 20.8 Å². The monoisotopic (exact) mass is 289 g/mol. The molecular formula is C13H23NO6. The largest absolute Gasteiger partial charge is 0.479 e. The number of hydrogen-bond donors (Lipinski definition) is 2. The van der Waals surface area contributed by atoms with Gasteiger partial charge in [0.25, 0.3) is 0 Å². The van der Waals surface area contributed by atoms with Crippen LogP contribution in [0.3, 0.4) is 0 Å². The number of carboxylic acids is 1. The fraction of sp³-hybridized carbons (Fsp3) is 0.846. The van der Waals surface area contributed by atoms with Crippen LogP contribution < -0.4 is 5.32 Å². The average molecular weight is 289 g/mol. The van der Waals surface area contributed by atoms with E-state index in [-0.39, 0.29) is 13.0 Å². The van der Waals surface area contributed by atoms with Gasteiger partial charge in [-0.2, -0.15) is 0 Å². The molecule has 0 aromatic rings. The van der Waals surface area contributed by atoms with E-state index in [0.717, 1.165) is 0 Å². The number of ether oxygens (including phenoxy) is 3. The Bertz CT molecular complexity index is 356. The molecule has 0 saturated carbocycles. The number of nitrogens with one attached hydrogen (secondary N) is 1. The summed E-state index contributed by atoms with van der Waals surface area (Å²) in [7, 11) is 1.33. The van der Waals surface area contributed by atoms with Crippen LogP contribution in [-0.4, -0.2) is 54.7 Å². The lowest BCUT2D eigenvalue weighted by atomic mass is 9.91. The molecule has 0 aromatic carbocycles. The number of carbonyl (C=O) groups excluding carboxylic acids is 1. The fourth-order valence-electron chi connectivity index (χ4n) is 2.06. The fourth-order valence-corrected chi connectivity index (χ4v) is 2.06. The van der Waals surface area contributed by atoms with E-state index in [1.807, 2.05) is 0 Å². The number of alkyl carbamates (subject to hydrolysis) is 1. The molecule has 1 fully saturated rings. The van der Waals surface area contributed by atoms with Crippen LogP contribution >= 0.6 is 0 Å². The van der Waals surface area contributed by atoms with Crippen molar-refractivity contribution in [2.24, 2.45) is 0 Å². The maximum atomic E-state index is 11.9. The second-order valence-corrected chi connectivity index (χ2v) is 5.98. The van der Waals surface area contributed by atoms with Crippen molar-refractivity contribution in [1.82, 2.24) is 5.32 Å². The number of amides is 1. The van der Waals surface area contributed by atoms with Gasteiger partial charge in [-0.05, 0) is 27.2 Å². The van der Waals surface area contributed by atoms with Gasteiger partial charge in [0.1, 0.15) is 5.60 Å². The van der Waals surface area contributed by atoms with Gasteiger partial charge in [0.2, 0.25) is 0 Å². The molecule has 1 aliphatic rings. The van der Waals surface area contributed by atoms with Crippen LogP contribution in [0.15, 0.2) is 0 Å². The van der Waals surface area contributed by atoms with Crippen molar-refractivity contribution in [3.05, 3.63) is 0 Å². The first kappa shape index (κ1) is 16.7. The van der Waals surface area contributed by atoms with Crippen LogP contribution in [0.25, 0.3) is 0 Å². The Balaban J connectivity index is 2.72. The molecular weight excluding hydrogens is 266 g/mol. The maximum absolute atomic E-state index is 11.9. The van der Waals surface area contributed by atoms with E-state index in [0.29, 0.717) is 13.0 Å². The predicted molar refractivity (Wildman–Crippen MR) is 70.6 cm³/mol. The zero-order valence-corrected chi connectivity index (χ0v) is 12.4. The third-order valence-corrected chi connectivity index (χ3v) is 3.01. The minimum absolute atomic E-state index is 0.137. The first-order chi connectivity index (χ1) is 9.17. The van der Waals surface area contributed by atoms with Gasteiger partial charge in [0.05, 0.1) is 12.1 Å². The van der Waals surface area contributed by atoms with Gasteiger partial charge in [-0.25, -0.2) is 9.59 Å². The van der Waals surface area contributed by atoms with Crippen molar-refractivity contribution in [3.63, 3.8) is 0 Å². The van der Waals surface area contributed by atoms with Crippen molar-refractivity contribution in [1.29, 1.82) is 0 Å². The van der Waals surface area contributed by atoms with Crippen molar-refractivity contribution >= 4 is 12.1 Å². The van der Waals surface area contributed by atoms with E-state index in [2.05, 4.69) is 5.32 Å². The Morgan fingerprint density at radius 2 is 2.10 bits per heavy atom. The number of hydrogen-bond acceptors (Lipinski definition) is 5. The standard InChI is InChI=1S/C13H23NO6/c1-12(2,3)20-11(17)14-13(5-6-19-8-13)7-9(18-4)10(15)16/h9H,5-8H2,1-4H3,(H,14,17)(H,15,16). The molecule has 1 amide bonds. The van der Waals surface area contributed by atoms with Gasteiger partial charge < -0.3 is 24.6 Å². The highest BCUT2D eigenvalue weighted by atomic mass is 16.6. The van der Waals surface area contributed by atoms with Gasteiger partial charge >= 0.3 is 12.1 Å². The SMILES string of the molecule is COC(CC1(NC(=O)OC(C)(C)C)CCOC1)C(=O)O. The minimum atomic E-state index is -1.07. The Kier molecular flexibility index (Phi) is 5.35. The highest BCUT2D eigenvalue weighted by Gasteiger charge is 2.41. The first-order valence-electron chi connectivity index (χ1n) is 6.52. The molecule has 1 rings (SSSR count). The van der Waals surface area contributed by atoms with Gasteiger partial charge in [-0.3, -0.25) is 0 Å². The van der Waals surface area contributed by atoms with Crippen LogP contribution in [0.1, 0.15) is 33.6 Å². The summed E-state index contributed by atoms with van der Waals surface area (Å²) in [4.78, 5) is 22.9. The summed E-state index contributed by atoms with van der Waals surface area (Å²) in [6.07, 6.45) is -0.910. The van der Waals surface area contributed by atoms with Crippen LogP contribution in [0.2, 0.25) is 0 Å². The van der Waals surface area contributed by atoms with Crippen LogP contribution in [-0.2, 0) is 19.0 Å². The molecule has 7 nitrogen and oxygen atoms in total. The summed E-state index contributed by atoms with van der Waals surface area (Å²) in [5, 5.41) is 11.8. The third kappa shape index (κ3) is 4.97. The molecule has 0 spiro atoms. The second-order valence-electron chi connectivity index (χ2n) is 5.98. The summed E-state index contributed by atoms with van der Waals surface area (Å²) in [6.45, 7) is 6.00. The zero-order valence-electron chi connectivity index (χ0n) is 12.4. The summed E-state index contributed by atoms with van der Waals surface area (Å²) >= 11 is 0. The molecule has 1 saturated heterocycles. The van der Waals surface area contributed by atoms with E-state index in [4.69, 9.17) is 19.3 Å². The third-order valence-electron chi connectivity index (χ3n) is 3.01. The molecule has 0 bridgehead atoms. The quantitative estimate of drug-likeness (QED) is 0.788. The summed E-state index contributed by atoms with van der Waals surface area (Å²) < 4.78 is 15.4. The van der Waals surface area contributed by atoms with Crippen molar-refractivity contribution in [2.45, 2.75) is 50.9 Å². The van der Waals surface area contributed by atoms with Crippen molar-refractivity contribution in [3.8, 4) is 0 Å². The molecule has 0 aromatic heterocycles. The van der Waals surface area contributed by atoms with E-state index in [9.17, 15) is 9.59 Å². The Morgan fingerprint density at radius 1 is 1.45 bits per heavy atom. The van der Waals surface area contributed by atoms with Gasteiger partial charge in [0.15, 0.2) is 6.10 Å². The molecule has 2 unspecified atom stereocenters. The van der Waals surface area contributed by atoms with Gasteiger partial charge in [-0.15, -0.1) is 0 Å². The molecule has 2 atom stereocenters. The zero-order chi connectivity index (χ0) is 15.4. The highest BCUT2D eigenvalue weighted by Crippen LogP contribution is 2.26. The number of carboxylic acid groups (broad SMARTS) is 1. The van der Waals surface area contributed by atoms with E-state index >= 15 is 0 Å². The van der Waals surface area contributed by atoms with Gasteiger partial charge in [0, 0.05) is 20.1 Å². The smallest absolute Gasteiger partial charge is 0.408 e. The number of aliphatic carboxylic acids is 1. The Morgan fingerprint density at radius 3 is 2.50 bits per heavy atom. The van der Waals surface area contributed by atoms with Crippen molar-refractivity contribution < 1.29 is 28.9 Å². The summed E-state index contributed by atoms with van der Waals surface area (Å²) in [6, 6.07) is 0. The Hall–Kier alpha value is -1.34. The first-order valence-corrected chi connectivity index (χ1v) is 6.52. The molecule has 20 heavy (non-hydrogen) atoms. The number of carbonyl (C=O) groups is 2. The predicted octanol–water partition coefficient (Wildman–Crippen LogP) is 1.16. The lowest BCUT2D eigenvalue weighted by Crippen LogP contribution is -2.53. The van der Waals surface area contributed by atoms with Crippen LogP contribution in [0, 0.1) is 0 Å². The normalized spacial score (nSPS) is 24.2. The maximum Gasteiger partial charge on any atom is 0.408 e. The molecule has 0 aliphatic carbocycles. The lowest BCUT2D eigenvalue weighted by molar-refractivity contribution is -0.150. The van der Waals surface area contributed by atoms with Crippen LogP contribution in [0.5, 0.6) is 0 Å². The minimum Gasteiger partial charge on any atom is -0.479 e. The van der Waals surface area contributed by atoms with E-state index in [1.165, 1.54) is 7.11 Å². The van der Waals surface area contributed by atoms with Crippen LogP contribution in [0.4, 0.5) is 4.79 Å². The molecule has 2 N–H and O–H groups in total. The lowest BCUT2D eigenvalue weighted by Gasteiger charge is -2.32. The molecule has 1 heterocycles. The Labute approximate surface area is 118 Å². The molecule has 116 valence electrons. The summed E-state index contributed by atoms with van der Waals surface area (Å²) in [5.41, 5.74) is -1.38. The molecule has 0 radical (unpaired) electrons. The van der Waals surface area contributed by atoms with Gasteiger partial charge in [-0.1, -0.05) is 0 Å². The average Bonchev–Trinajstić information content (AvgIpc) is 2.71. The topological polar surface area (TPSA) is 94.1 Å². The highest BCUT2D eigenvalue weighted by molar-refractivity contribution is 5.73. The number of rotatable bonds is 5. The van der Waals surface area contributed by atoms with E-state index < -0.39 is 29.3 Å². The summed E-state index contributed by atoms with van der Waals surface area (Å²) in [5.74, 6) is -1.07. The second kappa shape index (κ2) is 6.41. The molecule has 7 heteroatoms. The van der Waals surface area contributed by atoms with Crippen molar-refractivity contribution in [2.75, 3.05) is 20.3 Å². The number of methoxy groups -OCH3 is 1. The molecule has 1 aliphatic heterocycles.